The van der Waals surface area contributed by atoms with Gasteiger partial charge in [0.2, 0.25) is 0 Å². The summed E-state index contributed by atoms with van der Waals surface area (Å²) in [5.74, 6) is -1.45. The number of hydrogen-bond acceptors (Lipinski definition) is 10. The molecule has 0 aliphatic heterocycles. The number of urea groups is 2. The molecule has 2 aromatic carbocycles. The number of rotatable bonds is 13. The second-order valence-electron chi connectivity index (χ2n) is 15.0. The lowest BCUT2D eigenvalue weighted by atomic mass is 9.93. The molecule has 0 atom stereocenters. The van der Waals surface area contributed by atoms with E-state index in [1.165, 1.54) is 21.1 Å². The molecule has 0 spiro atoms. The van der Waals surface area contributed by atoms with Gasteiger partial charge >= 0.3 is 18.0 Å². The van der Waals surface area contributed by atoms with Crippen LogP contribution in [0.2, 0.25) is 0 Å². The van der Waals surface area contributed by atoms with Crippen LogP contribution in [0.5, 0.6) is 0 Å². The van der Waals surface area contributed by atoms with Crippen LogP contribution in [0.1, 0.15) is 122 Å². The Balaban J connectivity index is 0.000000323. The Morgan fingerprint density at radius 1 is 0.683 bits per heavy atom. The number of aromatic nitrogens is 4. The molecule has 0 fully saturated rings. The number of amides is 5. The van der Waals surface area contributed by atoms with Crippen molar-refractivity contribution in [2.24, 2.45) is 14.1 Å². The first-order valence-corrected chi connectivity index (χ1v) is 21.6. The summed E-state index contributed by atoms with van der Waals surface area (Å²) in [4.78, 5) is 52.8. The number of benzene rings is 2. The minimum Gasteiger partial charge on any atom is -0.477 e. The van der Waals surface area contributed by atoms with Gasteiger partial charge in [0.25, 0.3) is 32.6 Å². The van der Waals surface area contributed by atoms with Gasteiger partial charge in [-0.15, -0.1) is 0 Å². The van der Waals surface area contributed by atoms with E-state index < -0.39 is 54.0 Å². The molecule has 0 saturated carbocycles. The number of anilines is 2. The standard InChI is InChI=1S/C21H28N6O4S.C18H24N4O5S/c1-13(2)15-9-8-10-16(14(3)4)19(15)23-21(29)25-32(30,31)18-11-17(27(7)24-18)20(28)26(6)12-22-5;1-10(2)12-7-6-8-13(11(3)4)16(12)19-18(25)21-28(26,27)15-9-14(17(23)24)22(5)20-15/h8-11,13-14H,12H2,1-4,6-7H3,(H2,23,25,29);6-11H,1-5H3,(H,23,24)(H2,19,21,25). The molecule has 4 rings (SSSR count). The van der Waals surface area contributed by atoms with Crippen LogP contribution in [0.4, 0.5) is 21.0 Å². The van der Waals surface area contributed by atoms with Crippen molar-refractivity contribution < 1.29 is 41.1 Å². The Morgan fingerprint density at radius 3 is 1.32 bits per heavy atom. The predicted octanol–water partition coefficient (Wildman–Crippen LogP) is 6.00. The average molecular weight is 869 g/mol. The molecule has 0 saturated heterocycles. The number of sulfonamides is 2. The maximum atomic E-state index is 12.7. The van der Waals surface area contributed by atoms with Crippen molar-refractivity contribution in [3.05, 3.63) is 93.6 Å². The van der Waals surface area contributed by atoms with E-state index >= 15 is 0 Å². The van der Waals surface area contributed by atoms with Crippen molar-refractivity contribution in [1.29, 1.82) is 0 Å². The lowest BCUT2D eigenvalue weighted by Gasteiger charge is -2.20. The van der Waals surface area contributed by atoms with E-state index in [9.17, 15) is 36.0 Å². The number of aromatic carboxylic acids is 1. The summed E-state index contributed by atoms with van der Waals surface area (Å²) >= 11 is 0. The normalized spacial score (nSPS) is 11.5. The van der Waals surface area contributed by atoms with E-state index in [-0.39, 0.29) is 41.7 Å². The van der Waals surface area contributed by atoms with Crippen molar-refractivity contribution in [1.82, 2.24) is 33.9 Å². The van der Waals surface area contributed by atoms with Gasteiger partial charge in [-0.2, -0.15) is 27.0 Å². The number of para-hydroxylation sites is 2. The summed E-state index contributed by atoms with van der Waals surface area (Å²) in [6.45, 7) is 22.5. The molecule has 2 heterocycles. The van der Waals surface area contributed by atoms with Crippen LogP contribution in [0.25, 0.3) is 4.85 Å². The molecule has 0 aliphatic rings. The Morgan fingerprint density at radius 2 is 1.02 bits per heavy atom. The smallest absolute Gasteiger partial charge is 0.354 e. The number of nitrogens with zero attached hydrogens (tertiary/aromatic N) is 6. The second kappa shape index (κ2) is 19.7. The molecular formula is C39H52N10O9S2. The first kappa shape index (κ1) is 48.1. The van der Waals surface area contributed by atoms with Crippen LogP contribution >= 0.6 is 0 Å². The topological polar surface area (TPSA) is 248 Å². The number of aryl methyl sites for hydroxylation is 2. The molecule has 2 aromatic heterocycles. The summed E-state index contributed by atoms with van der Waals surface area (Å²) in [5, 5.41) is 20.8. The molecule has 4 aromatic rings. The lowest BCUT2D eigenvalue weighted by molar-refractivity contribution is 0.0684. The third-order valence-electron chi connectivity index (χ3n) is 9.01. The Hall–Kier alpha value is -6.27. The minimum absolute atomic E-state index is 0.0239. The molecular weight excluding hydrogens is 817 g/mol. The number of carboxylic acids is 1. The fourth-order valence-electron chi connectivity index (χ4n) is 5.93. The predicted molar refractivity (Wildman–Crippen MR) is 225 cm³/mol. The average Bonchev–Trinajstić information content (AvgIpc) is 3.74. The molecule has 60 heavy (non-hydrogen) atoms. The van der Waals surface area contributed by atoms with Crippen molar-refractivity contribution in [2.75, 3.05) is 24.3 Å². The van der Waals surface area contributed by atoms with E-state index in [0.717, 1.165) is 48.7 Å². The molecule has 21 heteroatoms. The quantitative estimate of drug-likeness (QED) is 0.0975. The summed E-state index contributed by atoms with van der Waals surface area (Å²) in [5.41, 5.74) is 4.33. The highest BCUT2D eigenvalue weighted by Crippen LogP contribution is 2.33. The van der Waals surface area contributed by atoms with Crippen LogP contribution in [-0.2, 0) is 34.1 Å². The monoisotopic (exact) mass is 868 g/mol. The fourth-order valence-corrected chi connectivity index (χ4v) is 7.72. The van der Waals surface area contributed by atoms with Crippen LogP contribution in [0, 0.1) is 6.57 Å². The van der Waals surface area contributed by atoms with Crippen LogP contribution in [-0.4, -0.2) is 84.1 Å². The first-order chi connectivity index (χ1) is 27.8. The highest BCUT2D eigenvalue weighted by Gasteiger charge is 2.28. The van der Waals surface area contributed by atoms with Gasteiger partial charge in [-0.1, -0.05) is 91.8 Å². The van der Waals surface area contributed by atoms with Crippen LogP contribution in [0.15, 0.2) is 58.6 Å². The van der Waals surface area contributed by atoms with Gasteiger partial charge < -0.3 is 15.7 Å². The van der Waals surface area contributed by atoms with Gasteiger partial charge in [-0.05, 0) is 45.9 Å². The van der Waals surface area contributed by atoms with Gasteiger partial charge in [0.15, 0.2) is 10.1 Å². The maximum Gasteiger partial charge on any atom is 0.354 e. The molecule has 0 unspecified atom stereocenters. The van der Waals surface area contributed by atoms with E-state index in [0.29, 0.717) is 11.4 Å². The Bertz CT molecular complexity index is 2460. The van der Waals surface area contributed by atoms with E-state index in [2.05, 4.69) is 25.7 Å². The summed E-state index contributed by atoms with van der Waals surface area (Å²) in [6, 6.07) is 11.4. The van der Waals surface area contributed by atoms with Gasteiger partial charge in [0.1, 0.15) is 11.4 Å². The molecule has 5 N–H and O–H groups in total. The molecule has 0 radical (unpaired) electrons. The van der Waals surface area contributed by atoms with Crippen molar-refractivity contribution in [3.8, 4) is 0 Å². The minimum atomic E-state index is -4.34. The third kappa shape index (κ3) is 11.7. The van der Waals surface area contributed by atoms with Gasteiger partial charge in [0, 0.05) is 44.7 Å². The van der Waals surface area contributed by atoms with Gasteiger partial charge in [-0.25, -0.2) is 30.4 Å². The Labute approximate surface area is 350 Å². The van der Waals surface area contributed by atoms with Gasteiger partial charge in [0.05, 0.1) is 0 Å². The highest BCUT2D eigenvalue weighted by molar-refractivity contribution is 7.90. The fraction of sp³-hybridized carbons (Fsp3) is 0.410. The number of nitrogens with one attached hydrogen (secondary N) is 4. The molecule has 324 valence electrons. The van der Waals surface area contributed by atoms with Crippen molar-refractivity contribution >= 4 is 55.4 Å². The van der Waals surface area contributed by atoms with Crippen LogP contribution < -0.4 is 20.1 Å². The SMILES string of the molecule is CC(C)c1cccc(C(C)C)c1NC(=O)NS(=O)(=O)c1cc(C(=O)O)n(C)n1.[C-]#[N+]CN(C)C(=O)c1cc(S(=O)(=O)NC(=O)Nc2c(C(C)C)cccc2C(C)C)nn1C. The third-order valence-corrected chi connectivity index (χ3v) is 11.4. The molecule has 19 nitrogen and oxygen atoms in total. The van der Waals surface area contributed by atoms with E-state index in [1.54, 1.807) is 0 Å². The van der Waals surface area contributed by atoms with Gasteiger partial charge in [-0.3, -0.25) is 23.9 Å². The maximum absolute atomic E-state index is 12.7. The highest BCUT2D eigenvalue weighted by atomic mass is 32.2. The van der Waals surface area contributed by atoms with Crippen molar-refractivity contribution in [3.63, 3.8) is 0 Å². The van der Waals surface area contributed by atoms with E-state index in [1.807, 2.05) is 101 Å². The molecule has 5 amide bonds. The Kier molecular flexibility index (Phi) is 15.8. The zero-order valence-electron chi connectivity index (χ0n) is 35.3. The zero-order valence-corrected chi connectivity index (χ0v) is 37.0. The second-order valence-corrected chi connectivity index (χ2v) is 18.2. The summed E-state index contributed by atoms with van der Waals surface area (Å²) < 4.78 is 56.2. The summed E-state index contributed by atoms with van der Waals surface area (Å²) in [7, 11) is -4.55. The largest absolute Gasteiger partial charge is 0.477 e. The van der Waals surface area contributed by atoms with Crippen LogP contribution in [0.3, 0.4) is 0 Å². The summed E-state index contributed by atoms with van der Waals surface area (Å²) in [6.07, 6.45) is 0. The lowest BCUT2D eigenvalue weighted by Crippen LogP contribution is -2.35. The van der Waals surface area contributed by atoms with Crippen molar-refractivity contribution in [2.45, 2.75) is 89.1 Å². The molecule has 0 bridgehead atoms. The number of carbonyl (C=O) groups is 4. The first-order valence-electron chi connectivity index (χ1n) is 18.7. The number of carboxylic acid groups (broad SMARTS) is 1. The number of hydrogen-bond donors (Lipinski definition) is 5. The number of carbonyl (C=O) groups excluding carboxylic acids is 3. The molecule has 0 aliphatic carbocycles. The van der Waals surface area contributed by atoms with E-state index in [4.69, 9.17) is 11.7 Å². The zero-order chi connectivity index (χ0) is 45.4.